The van der Waals surface area contributed by atoms with Crippen molar-refractivity contribution < 1.29 is 0 Å². The first-order valence-corrected chi connectivity index (χ1v) is 5.54. The predicted octanol–water partition coefficient (Wildman–Crippen LogP) is 3.88. The van der Waals surface area contributed by atoms with E-state index in [0.717, 1.165) is 12.3 Å². The van der Waals surface area contributed by atoms with Gasteiger partial charge >= 0.3 is 0 Å². The predicted molar refractivity (Wildman–Crippen MR) is 60.1 cm³/mol. The standard InChI is InChI=1S/C12H21B/c1-3-4-5-7-11-8-6-9-12(2,13)10-11/h3,11H,1,4-10H2,2H3. The fraction of sp³-hybridized carbons (Fsp3) is 0.833. The van der Waals surface area contributed by atoms with Crippen LogP contribution in [0, 0.1) is 5.92 Å². The van der Waals surface area contributed by atoms with Crippen LogP contribution in [0.15, 0.2) is 12.7 Å². The highest BCUT2D eigenvalue weighted by molar-refractivity contribution is 6.14. The molecule has 0 aromatic heterocycles. The van der Waals surface area contributed by atoms with Crippen molar-refractivity contribution in [3.05, 3.63) is 12.7 Å². The lowest BCUT2D eigenvalue weighted by atomic mass is 9.58. The van der Waals surface area contributed by atoms with Crippen LogP contribution in [-0.4, -0.2) is 7.85 Å². The molecule has 72 valence electrons. The molecule has 2 atom stereocenters. The Morgan fingerprint density at radius 3 is 3.00 bits per heavy atom. The second-order valence-electron chi connectivity index (χ2n) is 4.84. The van der Waals surface area contributed by atoms with E-state index >= 15 is 0 Å². The lowest BCUT2D eigenvalue weighted by Crippen LogP contribution is -2.20. The van der Waals surface area contributed by atoms with E-state index in [4.69, 9.17) is 7.85 Å². The van der Waals surface area contributed by atoms with Crippen LogP contribution in [0.1, 0.15) is 51.9 Å². The van der Waals surface area contributed by atoms with Gasteiger partial charge in [0.15, 0.2) is 0 Å². The fourth-order valence-corrected chi connectivity index (χ4v) is 2.46. The minimum atomic E-state index is 0.122. The van der Waals surface area contributed by atoms with E-state index in [-0.39, 0.29) is 5.31 Å². The molecule has 1 saturated carbocycles. The van der Waals surface area contributed by atoms with Crippen molar-refractivity contribution in [1.82, 2.24) is 0 Å². The van der Waals surface area contributed by atoms with E-state index in [1.54, 1.807) is 0 Å². The van der Waals surface area contributed by atoms with Gasteiger partial charge < -0.3 is 0 Å². The first-order chi connectivity index (χ1) is 6.14. The van der Waals surface area contributed by atoms with Crippen LogP contribution < -0.4 is 0 Å². The van der Waals surface area contributed by atoms with Crippen molar-refractivity contribution in [3.8, 4) is 0 Å². The molecule has 2 radical (unpaired) electrons. The maximum atomic E-state index is 6.15. The van der Waals surface area contributed by atoms with E-state index in [0.29, 0.717) is 0 Å². The lowest BCUT2D eigenvalue weighted by molar-refractivity contribution is 0.279. The minimum Gasteiger partial charge on any atom is -0.103 e. The Kier molecular flexibility index (Phi) is 4.09. The molecule has 1 fully saturated rings. The van der Waals surface area contributed by atoms with E-state index in [9.17, 15) is 0 Å². The molecule has 0 heterocycles. The molecule has 13 heavy (non-hydrogen) atoms. The highest BCUT2D eigenvalue weighted by Crippen LogP contribution is 2.43. The third kappa shape index (κ3) is 4.02. The van der Waals surface area contributed by atoms with Crippen molar-refractivity contribution in [2.45, 2.75) is 57.2 Å². The molecule has 0 amide bonds. The largest absolute Gasteiger partial charge is 0.103 e. The first kappa shape index (κ1) is 10.9. The Labute approximate surface area is 84.2 Å². The second kappa shape index (κ2) is 4.88. The first-order valence-electron chi connectivity index (χ1n) is 5.54. The summed E-state index contributed by atoms with van der Waals surface area (Å²) in [5.41, 5.74) is 0. The molecular formula is C12H21B. The van der Waals surface area contributed by atoms with Crippen LogP contribution in [0.5, 0.6) is 0 Å². The highest BCUT2D eigenvalue weighted by atomic mass is 14.3. The number of unbranched alkanes of at least 4 members (excludes halogenated alkanes) is 1. The summed E-state index contributed by atoms with van der Waals surface area (Å²) < 4.78 is 0. The molecule has 2 unspecified atom stereocenters. The third-order valence-electron chi connectivity index (χ3n) is 3.14. The summed E-state index contributed by atoms with van der Waals surface area (Å²) in [6.07, 6.45) is 11.0. The lowest BCUT2D eigenvalue weighted by Gasteiger charge is -2.35. The SMILES string of the molecule is [B]C1(C)CCCC(CCCC=C)C1. The molecule has 0 spiro atoms. The van der Waals surface area contributed by atoms with E-state index < -0.39 is 0 Å². The van der Waals surface area contributed by atoms with E-state index in [2.05, 4.69) is 13.5 Å². The van der Waals surface area contributed by atoms with Gasteiger partial charge in [-0.05, 0) is 18.8 Å². The van der Waals surface area contributed by atoms with E-state index in [1.165, 1.54) is 38.5 Å². The molecule has 1 aliphatic carbocycles. The molecule has 0 aliphatic heterocycles. The van der Waals surface area contributed by atoms with Crippen molar-refractivity contribution in [1.29, 1.82) is 0 Å². The van der Waals surface area contributed by atoms with Crippen molar-refractivity contribution >= 4 is 7.85 Å². The Morgan fingerprint density at radius 2 is 2.38 bits per heavy atom. The minimum absolute atomic E-state index is 0.122. The summed E-state index contributed by atoms with van der Waals surface area (Å²) >= 11 is 0. The molecule has 0 saturated heterocycles. The maximum Gasteiger partial charge on any atom is 0.0742 e. The monoisotopic (exact) mass is 176 g/mol. The average Bonchev–Trinajstić information content (AvgIpc) is 2.03. The second-order valence-corrected chi connectivity index (χ2v) is 4.84. The molecule has 0 nitrogen and oxygen atoms in total. The van der Waals surface area contributed by atoms with Gasteiger partial charge in [0, 0.05) is 0 Å². The molecule has 1 rings (SSSR count). The number of rotatable bonds is 4. The summed E-state index contributed by atoms with van der Waals surface area (Å²) in [5, 5.41) is 0.122. The zero-order valence-corrected chi connectivity index (χ0v) is 8.89. The summed E-state index contributed by atoms with van der Waals surface area (Å²) in [7, 11) is 6.15. The number of allylic oxidation sites excluding steroid dienone is 1. The van der Waals surface area contributed by atoms with Gasteiger partial charge in [0.2, 0.25) is 0 Å². The summed E-state index contributed by atoms with van der Waals surface area (Å²) in [6, 6.07) is 0. The Bertz CT molecular complexity index is 161. The molecule has 0 aromatic rings. The maximum absolute atomic E-state index is 6.15. The van der Waals surface area contributed by atoms with Crippen LogP contribution in [0.3, 0.4) is 0 Å². The Hall–Kier alpha value is -0.195. The highest BCUT2D eigenvalue weighted by Gasteiger charge is 2.26. The van der Waals surface area contributed by atoms with Crippen molar-refractivity contribution in [2.24, 2.45) is 5.92 Å². The molecule has 0 bridgehead atoms. The molecule has 1 heteroatoms. The zero-order chi connectivity index (χ0) is 9.73. The van der Waals surface area contributed by atoms with Gasteiger partial charge in [-0.25, -0.2) is 0 Å². The Balaban J connectivity index is 2.22. The van der Waals surface area contributed by atoms with Crippen LogP contribution in [-0.2, 0) is 0 Å². The molecule has 1 aliphatic rings. The van der Waals surface area contributed by atoms with Gasteiger partial charge in [0.1, 0.15) is 0 Å². The number of hydrogen-bond donors (Lipinski definition) is 0. The molecular weight excluding hydrogens is 155 g/mol. The van der Waals surface area contributed by atoms with Gasteiger partial charge in [-0.3, -0.25) is 0 Å². The molecule has 0 aromatic carbocycles. The molecule has 0 N–H and O–H groups in total. The van der Waals surface area contributed by atoms with Gasteiger partial charge in [-0.1, -0.05) is 50.4 Å². The summed E-state index contributed by atoms with van der Waals surface area (Å²) in [4.78, 5) is 0. The zero-order valence-electron chi connectivity index (χ0n) is 8.89. The van der Waals surface area contributed by atoms with Crippen LogP contribution in [0.2, 0.25) is 5.31 Å². The third-order valence-corrected chi connectivity index (χ3v) is 3.14. The van der Waals surface area contributed by atoms with Gasteiger partial charge in [-0.15, -0.1) is 6.58 Å². The smallest absolute Gasteiger partial charge is 0.0742 e. The Morgan fingerprint density at radius 1 is 1.62 bits per heavy atom. The van der Waals surface area contributed by atoms with Crippen LogP contribution in [0.25, 0.3) is 0 Å². The van der Waals surface area contributed by atoms with Gasteiger partial charge in [0.25, 0.3) is 0 Å². The van der Waals surface area contributed by atoms with Crippen LogP contribution in [0.4, 0.5) is 0 Å². The van der Waals surface area contributed by atoms with E-state index in [1.807, 2.05) is 6.08 Å². The topological polar surface area (TPSA) is 0 Å². The number of hydrogen-bond acceptors (Lipinski definition) is 0. The average molecular weight is 176 g/mol. The fourth-order valence-electron chi connectivity index (χ4n) is 2.46. The van der Waals surface area contributed by atoms with Crippen molar-refractivity contribution in [2.75, 3.05) is 0 Å². The summed E-state index contributed by atoms with van der Waals surface area (Å²) in [5.74, 6) is 0.878. The van der Waals surface area contributed by atoms with Crippen LogP contribution >= 0.6 is 0 Å². The summed E-state index contributed by atoms with van der Waals surface area (Å²) in [6.45, 7) is 5.95. The van der Waals surface area contributed by atoms with Gasteiger partial charge in [-0.2, -0.15) is 0 Å². The normalized spacial score (nSPS) is 34.4. The van der Waals surface area contributed by atoms with Gasteiger partial charge in [0.05, 0.1) is 7.85 Å². The van der Waals surface area contributed by atoms with Crippen molar-refractivity contribution in [3.63, 3.8) is 0 Å². The quantitative estimate of drug-likeness (QED) is 0.346.